The molecule has 6 rings (SSSR count). The summed E-state index contributed by atoms with van der Waals surface area (Å²) in [4.78, 5) is 15.0. The predicted molar refractivity (Wildman–Crippen MR) is 193 cm³/mol. The molecule has 0 aliphatic carbocycles. The number of hydrogen-bond acceptors (Lipinski definition) is 4. The van der Waals surface area contributed by atoms with Crippen LogP contribution >= 0.6 is 11.3 Å². The Labute approximate surface area is 287 Å². The fourth-order valence-corrected chi connectivity index (χ4v) is 9.28. The number of allylic oxidation sites excluding steroid dienone is 2. The molecule has 1 radical (unpaired) electrons. The summed E-state index contributed by atoms with van der Waals surface area (Å²) in [5.74, 6) is 7.29. The number of aromatic nitrogens is 1. The maximum atomic E-state index is 10.0. The molecule has 0 aliphatic rings. The smallest absolute Gasteiger partial charge is 0.118 e. The molecule has 0 unspecified atom stereocenters. The first kappa shape index (κ1) is 34.8. The van der Waals surface area contributed by atoms with E-state index >= 15 is 0 Å². The Morgan fingerprint density at radius 1 is 0.911 bits per heavy atom. The van der Waals surface area contributed by atoms with Crippen molar-refractivity contribution in [2.24, 2.45) is 0 Å². The number of aliphatic hydroxyl groups excluding tert-OH is 1. The molecule has 45 heavy (non-hydrogen) atoms. The second kappa shape index (κ2) is 13.7. The van der Waals surface area contributed by atoms with Crippen molar-refractivity contribution in [3.05, 3.63) is 109 Å². The van der Waals surface area contributed by atoms with Crippen LogP contribution in [0.5, 0.6) is 0 Å². The number of carbonyl (C=O) groups excluding carboxylic acids is 1. The van der Waals surface area contributed by atoms with Crippen molar-refractivity contribution < 1.29 is 30.0 Å². The van der Waals surface area contributed by atoms with E-state index in [4.69, 9.17) is 10.1 Å². The number of carbonyl (C=O) groups is 1. The predicted octanol–water partition coefficient (Wildman–Crippen LogP) is 10.6. The Hall–Kier alpha value is -3.09. The molecule has 1 N–H and O–H groups in total. The standard InChI is InChI=1S/C34H32GeNS.C5H8O2.Ir/c1-34(2,3)29-21-24(20-23-10-7-8-11-26(23)29)32-31-28-13-9-12-27(33(28)37-30(31)18-19-36-32)22-14-16-25(17-15-22)35(4,5)6;1-4(6)3-5(2)7;/h7-19,21H,1-6H3;3,6H,1-2H3;/q-1;;/b;4-3-;. The second-order valence-electron chi connectivity index (χ2n) is 13.4. The van der Waals surface area contributed by atoms with Gasteiger partial charge in [0.25, 0.3) is 0 Å². The Morgan fingerprint density at radius 2 is 1.58 bits per heavy atom. The van der Waals surface area contributed by atoms with Gasteiger partial charge < -0.3 is 5.11 Å². The average Bonchev–Trinajstić information content (AvgIpc) is 3.34. The third-order valence-corrected chi connectivity index (χ3v) is 13.3. The molecule has 0 saturated heterocycles. The van der Waals surface area contributed by atoms with E-state index in [0.717, 1.165) is 16.6 Å². The van der Waals surface area contributed by atoms with E-state index in [2.05, 4.69) is 123 Å². The van der Waals surface area contributed by atoms with E-state index in [1.165, 1.54) is 62.2 Å². The summed E-state index contributed by atoms with van der Waals surface area (Å²) in [6, 6.07) is 32.9. The van der Waals surface area contributed by atoms with Crippen molar-refractivity contribution in [1.82, 2.24) is 4.98 Å². The zero-order valence-electron chi connectivity index (χ0n) is 27.2. The topological polar surface area (TPSA) is 50.2 Å². The minimum absolute atomic E-state index is 0. The van der Waals surface area contributed by atoms with Gasteiger partial charge in [-0.3, -0.25) is 4.79 Å². The van der Waals surface area contributed by atoms with Crippen molar-refractivity contribution >= 4 is 65.7 Å². The summed E-state index contributed by atoms with van der Waals surface area (Å²) in [6.07, 6.45) is 3.12. The van der Waals surface area contributed by atoms with Crippen LogP contribution in [0.3, 0.4) is 0 Å². The zero-order chi connectivity index (χ0) is 31.8. The molecule has 3 nitrogen and oxygen atoms in total. The van der Waals surface area contributed by atoms with Crippen LogP contribution in [0.2, 0.25) is 17.3 Å². The van der Waals surface area contributed by atoms with E-state index in [-0.39, 0.29) is 37.1 Å². The number of thiophene rings is 1. The van der Waals surface area contributed by atoms with Crippen molar-refractivity contribution in [3.8, 4) is 22.4 Å². The molecule has 0 spiro atoms. The van der Waals surface area contributed by atoms with Gasteiger partial charge in [-0.05, 0) is 19.3 Å². The Morgan fingerprint density at radius 3 is 2.18 bits per heavy atom. The van der Waals surface area contributed by atoms with Crippen LogP contribution in [-0.4, -0.2) is 29.1 Å². The molecule has 0 bridgehead atoms. The van der Waals surface area contributed by atoms with Crippen molar-refractivity contribution in [1.29, 1.82) is 0 Å². The number of pyridine rings is 1. The van der Waals surface area contributed by atoms with Crippen LogP contribution in [0.1, 0.15) is 40.2 Å². The first-order valence-electron chi connectivity index (χ1n) is 15.0. The number of fused-ring (bicyclic) bond motifs is 4. The molecule has 0 saturated carbocycles. The molecule has 2 aromatic heterocycles. The van der Waals surface area contributed by atoms with Gasteiger partial charge in [-0.15, -0.1) is 6.07 Å². The summed E-state index contributed by atoms with van der Waals surface area (Å²) >= 11 is 0.0280. The van der Waals surface area contributed by atoms with Crippen LogP contribution in [0.4, 0.5) is 0 Å². The van der Waals surface area contributed by atoms with Crippen LogP contribution in [-0.2, 0) is 30.3 Å². The molecule has 0 amide bonds. The molecule has 0 fully saturated rings. The van der Waals surface area contributed by atoms with E-state index in [0.29, 0.717) is 0 Å². The van der Waals surface area contributed by atoms with Crippen molar-refractivity contribution in [2.45, 2.75) is 57.3 Å². The minimum Gasteiger partial charge on any atom is -0.118 e. The molecule has 6 aromatic rings. The van der Waals surface area contributed by atoms with Crippen molar-refractivity contribution in [3.63, 3.8) is 0 Å². The summed E-state index contributed by atoms with van der Waals surface area (Å²) in [6.45, 7) is 9.70. The fourth-order valence-electron chi connectivity index (χ4n) is 5.60. The third-order valence-electron chi connectivity index (χ3n) is 7.72. The normalized spacial score (nSPS) is 12.1. The van der Waals surface area contributed by atoms with Crippen LogP contribution in [0.25, 0.3) is 53.3 Å². The number of benzene rings is 4. The summed E-state index contributed by atoms with van der Waals surface area (Å²) in [7, 11) is 0. The van der Waals surface area contributed by atoms with Gasteiger partial charge >= 0.3 is 172 Å². The van der Waals surface area contributed by atoms with E-state index in [9.17, 15) is 4.79 Å². The molecule has 4 aromatic carbocycles. The Bertz CT molecular complexity index is 2030. The number of rotatable bonds is 4. The second-order valence-corrected chi connectivity index (χ2v) is 25.1. The first-order valence-corrected chi connectivity index (χ1v) is 23.1. The molecule has 0 aliphatic heterocycles. The van der Waals surface area contributed by atoms with Crippen molar-refractivity contribution in [2.75, 3.05) is 0 Å². The van der Waals surface area contributed by atoms with Gasteiger partial charge in [0.15, 0.2) is 5.78 Å². The van der Waals surface area contributed by atoms with Crippen LogP contribution in [0.15, 0.2) is 96.9 Å². The van der Waals surface area contributed by atoms with Crippen LogP contribution < -0.4 is 4.40 Å². The first-order chi connectivity index (χ1) is 20.7. The zero-order valence-corrected chi connectivity index (χ0v) is 32.5. The minimum atomic E-state index is -1.84. The Balaban J connectivity index is 0.000000519. The number of ketones is 1. The number of aliphatic hydroxyl groups is 1. The summed E-state index contributed by atoms with van der Waals surface area (Å²) in [5.41, 5.74) is 6.03. The van der Waals surface area contributed by atoms with E-state index < -0.39 is 13.3 Å². The number of nitrogens with zero attached hydrogens (tertiary/aromatic N) is 1. The SMILES string of the molecule is CC(=O)/C=C(/C)O.CC(C)(C)c1cc(-c2nccc3sc4c(-c5cc[c]([Ge]([CH3])([CH3])[CH3])cc5)cccc4c23)[c-]c2ccccc12.[Ir]. The van der Waals surface area contributed by atoms with Gasteiger partial charge in [-0.25, -0.2) is 0 Å². The van der Waals surface area contributed by atoms with Gasteiger partial charge in [0.1, 0.15) is 0 Å². The van der Waals surface area contributed by atoms with Gasteiger partial charge in [-0.1, -0.05) is 44.4 Å². The summed E-state index contributed by atoms with van der Waals surface area (Å²) in [5, 5.41) is 13.3. The monoisotopic (exact) mass is 853 g/mol. The molecular weight excluding hydrogens is 811 g/mol. The van der Waals surface area contributed by atoms with Gasteiger partial charge in [0.2, 0.25) is 0 Å². The third kappa shape index (κ3) is 7.66. The van der Waals surface area contributed by atoms with Gasteiger partial charge in [0.05, 0.1) is 5.76 Å². The molecule has 2 heterocycles. The maximum absolute atomic E-state index is 10.0. The molecule has 6 heteroatoms. The quantitative estimate of drug-likeness (QED) is 0.0832. The van der Waals surface area contributed by atoms with E-state index in [1.807, 2.05) is 17.5 Å². The fraction of sp³-hybridized carbons (Fsp3) is 0.231. The molecular formula is C39H40GeIrNO2S-. The summed E-state index contributed by atoms with van der Waals surface area (Å²) < 4.78 is 4.14. The van der Waals surface area contributed by atoms with Gasteiger partial charge in [-0.2, -0.15) is 0 Å². The Kier molecular flexibility index (Phi) is 10.6. The average molecular weight is 852 g/mol. The molecule has 0 atom stereocenters. The van der Waals surface area contributed by atoms with Crippen LogP contribution in [0, 0.1) is 6.07 Å². The van der Waals surface area contributed by atoms with E-state index in [1.54, 1.807) is 4.40 Å². The van der Waals surface area contributed by atoms with Gasteiger partial charge in [0, 0.05) is 26.2 Å². The molecule has 233 valence electrons. The number of hydrogen-bond donors (Lipinski definition) is 1.